The first-order valence-electron chi connectivity index (χ1n) is 9.46. The molecular weight excluding hydrogens is 414 g/mol. The van der Waals surface area contributed by atoms with Gasteiger partial charge in [-0.3, -0.25) is 9.59 Å². The molecule has 1 aromatic heterocycles. The van der Waals surface area contributed by atoms with Gasteiger partial charge in [-0.15, -0.1) is 0 Å². The number of aryl methyl sites for hydroxylation is 1. The van der Waals surface area contributed by atoms with Crippen LogP contribution in [0, 0.1) is 6.92 Å². The lowest BCUT2D eigenvalue weighted by Crippen LogP contribution is -2.35. The molecular formula is C19H25N3O5S2. The highest BCUT2D eigenvalue weighted by Crippen LogP contribution is 2.31. The fourth-order valence-corrected chi connectivity index (χ4v) is 5.77. The van der Waals surface area contributed by atoms with Crippen molar-refractivity contribution in [2.75, 3.05) is 25.5 Å². The first-order chi connectivity index (χ1) is 13.8. The van der Waals surface area contributed by atoms with Crippen LogP contribution in [0.2, 0.25) is 0 Å². The van der Waals surface area contributed by atoms with Crippen LogP contribution in [0.5, 0.6) is 5.75 Å². The smallest absolute Gasteiger partial charge is 0.307 e. The Labute approximate surface area is 174 Å². The maximum atomic E-state index is 13.1. The Morgan fingerprint density at radius 2 is 1.97 bits per heavy atom. The van der Waals surface area contributed by atoms with E-state index in [2.05, 4.69) is 5.32 Å². The summed E-state index contributed by atoms with van der Waals surface area (Å²) in [6, 6.07) is 4.58. The molecule has 158 valence electrons. The Bertz CT molecular complexity index is 1040. The minimum Gasteiger partial charge on any atom is -0.495 e. The third kappa shape index (κ3) is 4.88. The van der Waals surface area contributed by atoms with E-state index in [0.29, 0.717) is 18.8 Å². The topological polar surface area (TPSA) is 97.7 Å². The van der Waals surface area contributed by atoms with Crippen molar-refractivity contribution in [2.45, 2.75) is 44.0 Å². The van der Waals surface area contributed by atoms with Gasteiger partial charge in [-0.25, -0.2) is 8.42 Å². The van der Waals surface area contributed by atoms with E-state index >= 15 is 0 Å². The second kappa shape index (κ2) is 9.10. The number of carbonyl (C=O) groups is 1. The molecule has 1 saturated heterocycles. The average Bonchev–Trinajstić information content (AvgIpc) is 3.04. The normalized spacial score (nSPS) is 15.2. The van der Waals surface area contributed by atoms with E-state index in [1.165, 1.54) is 17.5 Å². The highest BCUT2D eigenvalue weighted by atomic mass is 32.2. The number of hydrogen-bond acceptors (Lipinski definition) is 6. The molecule has 1 N–H and O–H groups in total. The van der Waals surface area contributed by atoms with Crippen molar-refractivity contribution in [3.63, 3.8) is 0 Å². The second-order valence-corrected chi connectivity index (χ2v) is 9.65. The highest BCUT2D eigenvalue weighted by Gasteiger charge is 2.29. The molecule has 0 aliphatic carbocycles. The SMILES string of the molecule is COc1ccc(NC(=O)CCn2c(C)csc2=O)cc1S(=O)(=O)N1CCCCC1. The van der Waals surface area contributed by atoms with Crippen molar-refractivity contribution in [3.05, 3.63) is 38.9 Å². The molecule has 0 atom stereocenters. The second-order valence-electron chi connectivity index (χ2n) is 6.92. The molecule has 0 spiro atoms. The van der Waals surface area contributed by atoms with Crippen LogP contribution >= 0.6 is 11.3 Å². The number of benzene rings is 1. The fraction of sp³-hybridized carbons (Fsp3) is 0.474. The average molecular weight is 440 g/mol. The van der Waals surface area contributed by atoms with E-state index in [9.17, 15) is 18.0 Å². The molecule has 1 aliphatic heterocycles. The van der Waals surface area contributed by atoms with Crippen molar-refractivity contribution < 1.29 is 17.9 Å². The number of aromatic nitrogens is 1. The number of sulfonamides is 1. The summed E-state index contributed by atoms with van der Waals surface area (Å²) in [5.74, 6) is -0.0528. The van der Waals surface area contributed by atoms with Gasteiger partial charge < -0.3 is 14.6 Å². The Morgan fingerprint density at radius 3 is 2.59 bits per heavy atom. The molecule has 1 amide bonds. The maximum Gasteiger partial charge on any atom is 0.307 e. The first-order valence-corrected chi connectivity index (χ1v) is 11.8. The van der Waals surface area contributed by atoms with Gasteiger partial charge in [0, 0.05) is 42.8 Å². The highest BCUT2D eigenvalue weighted by molar-refractivity contribution is 7.89. The van der Waals surface area contributed by atoms with Gasteiger partial charge in [0.05, 0.1) is 7.11 Å². The molecule has 0 saturated carbocycles. The largest absolute Gasteiger partial charge is 0.495 e. The Kier molecular flexibility index (Phi) is 6.76. The third-order valence-corrected chi connectivity index (χ3v) is 7.72. The van der Waals surface area contributed by atoms with E-state index in [0.717, 1.165) is 36.3 Å². The predicted molar refractivity (Wildman–Crippen MR) is 112 cm³/mol. The van der Waals surface area contributed by atoms with Crippen LogP contribution in [0.15, 0.2) is 33.3 Å². The van der Waals surface area contributed by atoms with Crippen LogP contribution in [-0.2, 0) is 21.4 Å². The number of nitrogens with one attached hydrogen (secondary N) is 1. The van der Waals surface area contributed by atoms with Crippen molar-refractivity contribution in [1.82, 2.24) is 8.87 Å². The summed E-state index contributed by atoms with van der Waals surface area (Å²) in [6.07, 6.45) is 2.79. The Hall–Kier alpha value is -2.17. The number of rotatable bonds is 7. The third-order valence-electron chi connectivity index (χ3n) is 4.92. The van der Waals surface area contributed by atoms with Gasteiger partial charge in [-0.1, -0.05) is 17.8 Å². The van der Waals surface area contributed by atoms with Gasteiger partial charge in [-0.2, -0.15) is 4.31 Å². The fourth-order valence-electron chi connectivity index (χ4n) is 3.31. The minimum absolute atomic E-state index is 0.0459. The number of amides is 1. The Balaban J connectivity index is 1.76. The molecule has 0 radical (unpaired) electrons. The lowest BCUT2D eigenvalue weighted by Gasteiger charge is -2.26. The summed E-state index contributed by atoms with van der Waals surface area (Å²) in [5, 5.41) is 4.47. The Morgan fingerprint density at radius 1 is 1.24 bits per heavy atom. The molecule has 1 fully saturated rings. The summed E-state index contributed by atoms with van der Waals surface area (Å²) in [6.45, 7) is 3.06. The van der Waals surface area contributed by atoms with Gasteiger partial charge in [0.25, 0.3) is 0 Å². The standard InChI is InChI=1S/C19H25N3O5S2/c1-14-13-28-19(24)22(14)11-8-18(23)20-15-6-7-16(27-2)17(12-15)29(25,26)21-9-4-3-5-10-21/h6-7,12-13H,3-5,8-11H2,1-2H3,(H,20,23). The molecule has 29 heavy (non-hydrogen) atoms. The molecule has 0 bridgehead atoms. The van der Waals surface area contributed by atoms with Crippen LogP contribution in [0.1, 0.15) is 31.4 Å². The van der Waals surface area contributed by atoms with Crippen molar-refractivity contribution in [3.8, 4) is 5.75 Å². The quantitative estimate of drug-likeness (QED) is 0.715. The molecule has 2 aromatic rings. The maximum absolute atomic E-state index is 13.1. The van der Waals surface area contributed by atoms with E-state index < -0.39 is 10.0 Å². The number of ether oxygens (including phenoxy) is 1. The summed E-state index contributed by atoms with van der Waals surface area (Å²) >= 11 is 1.10. The van der Waals surface area contributed by atoms with Crippen LogP contribution in [0.4, 0.5) is 5.69 Å². The van der Waals surface area contributed by atoms with Gasteiger partial charge >= 0.3 is 4.87 Å². The summed E-state index contributed by atoms with van der Waals surface area (Å²) in [4.78, 5) is 24.0. The van der Waals surface area contributed by atoms with Crippen LogP contribution in [0.3, 0.4) is 0 Å². The molecule has 1 aromatic carbocycles. The molecule has 2 heterocycles. The van der Waals surface area contributed by atoms with E-state index in [-0.39, 0.29) is 34.4 Å². The first kappa shape index (κ1) is 21.5. The monoisotopic (exact) mass is 439 g/mol. The lowest BCUT2D eigenvalue weighted by molar-refractivity contribution is -0.116. The molecule has 3 rings (SSSR count). The van der Waals surface area contributed by atoms with E-state index in [4.69, 9.17) is 4.74 Å². The number of anilines is 1. The number of hydrogen-bond donors (Lipinski definition) is 1. The van der Waals surface area contributed by atoms with Crippen molar-refractivity contribution >= 4 is 33.0 Å². The molecule has 1 aliphatic rings. The zero-order valence-corrected chi connectivity index (χ0v) is 18.1. The van der Waals surface area contributed by atoms with Crippen LogP contribution in [0.25, 0.3) is 0 Å². The molecule has 10 heteroatoms. The number of methoxy groups -OCH3 is 1. The number of carbonyl (C=O) groups excluding carboxylic acids is 1. The van der Waals surface area contributed by atoms with Crippen LogP contribution in [-0.4, -0.2) is 43.4 Å². The van der Waals surface area contributed by atoms with Crippen LogP contribution < -0.4 is 14.9 Å². The summed E-state index contributed by atoms with van der Waals surface area (Å²) < 4.78 is 34.4. The number of piperidine rings is 1. The lowest BCUT2D eigenvalue weighted by atomic mass is 10.2. The minimum atomic E-state index is -3.71. The zero-order valence-electron chi connectivity index (χ0n) is 16.5. The van der Waals surface area contributed by atoms with E-state index in [1.54, 1.807) is 22.1 Å². The zero-order chi connectivity index (χ0) is 21.0. The predicted octanol–water partition coefficient (Wildman–Crippen LogP) is 2.43. The van der Waals surface area contributed by atoms with Gasteiger partial charge in [-0.05, 0) is 38.0 Å². The van der Waals surface area contributed by atoms with Crippen molar-refractivity contribution in [1.29, 1.82) is 0 Å². The van der Waals surface area contributed by atoms with Crippen molar-refractivity contribution in [2.24, 2.45) is 0 Å². The van der Waals surface area contributed by atoms with Gasteiger partial charge in [0.2, 0.25) is 15.9 Å². The molecule has 8 nitrogen and oxygen atoms in total. The van der Waals surface area contributed by atoms with Gasteiger partial charge in [0.1, 0.15) is 10.6 Å². The number of thiazole rings is 1. The molecule has 0 unspecified atom stereocenters. The summed E-state index contributed by atoms with van der Waals surface area (Å²) in [5.41, 5.74) is 1.19. The number of nitrogens with zero attached hydrogens (tertiary/aromatic N) is 2. The summed E-state index contributed by atoms with van der Waals surface area (Å²) in [7, 11) is -2.29. The van der Waals surface area contributed by atoms with E-state index in [1.807, 2.05) is 6.92 Å². The van der Waals surface area contributed by atoms with Gasteiger partial charge in [0.15, 0.2) is 0 Å².